The van der Waals surface area contributed by atoms with Crippen molar-refractivity contribution < 1.29 is 28.7 Å². The van der Waals surface area contributed by atoms with Crippen LogP contribution in [-0.4, -0.2) is 66.7 Å². The number of imidazole rings is 1. The van der Waals surface area contributed by atoms with E-state index >= 15 is 0 Å². The van der Waals surface area contributed by atoms with Crippen LogP contribution in [0.2, 0.25) is 0 Å². The monoisotopic (exact) mass is 413 g/mol. The molecule has 0 spiro atoms. The van der Waals surface area contributed by atoms with Crippen molar-refractivity contribution in [1.29, 1.82) is 0 Å². The van der Waals surface area contributed by atoms with E-state index in [-0.39, 0.29) is 24.8 Å². The standard InChI is InChI=1S/C10H16N4O3.C8H15NO3/c1-11-7-6-14(2)9(13-7)10(16)12-5-4-8(15)17-3;1-8(2,3)12-7(11)9-5-4-6-10/h6,11H,4-5H2,1-3H3,(H,12,16);6H,4-5H2,1-3H3,(H,9,11). The number of hydrogen-bond donors (Lipinski definition) is 3. The van der Waals surface area contributed by atoms with Crippen molar-refractivity contribution in [3.63, 3.8) is 0 Å². The number of carbonyl (C=O) groups excluding carboxylic acids is 4. The molecule has 1 aromatic heterocycles. The van der Waals surface area contributed by atoms with Gasteiger partial charge in [-0.15, -0.1) is 0 Å². The Kier molecular flexibility index (Phi) is 11.7. The molecule has 0 aliphatic heterocycles. The Morgan fingerprint density at radius 3 is 2.34 bits per heavy atom. The molecule has 1 rings (SSSR count). The fourth-order valence-corrected chi connectivity index (χ4v) is 1.80. The maximum Gasteiger partial charge on any atom is 0.407 e. The lowest BCUT2D eigenvalue weighted by Gasteiger charge is -2.19. The number of carbonyl (C=O) groups is 4. The second-order valence-corrected chi connectivity index (χ2v) is 6.78. The number of nitrogens with zero attached hydrogens (tertiary/aromatic N) is 2. The van der Waals surface area contributed by atoms with E-state index in [1.54, 1.807) is 45.6 Å². The molecule has 1 heterocycles. The molecule has 0 atom stereocenters. The van der Waals surface area contributed by atoms with Crippen molar-refractivity contribution in [2.24, 2.45) is 7.05 Å². The number of aromatic nitrogens is 2. The van der Waals surface area contributed by atoms with Crippen molar-refractivity contribution in [2.75, 3.05) is 32.6 Å². The zero-order valence-corrected chi connectivity index (χ0v) is 17.8. The van der Waals surface area contributed by atoms with Gasteiger partial charge < -0.3 is 34.8 Å². The Balaban J connectivity index is 0.000000578. The second kappa shape index (κ2) is 13.1. The van der Waals surface area contributed by atoms with Gasteiger partial charge in [0.2, 0.25) is 5.82 Å². The number of anilines is 1. The van der Waals surface area contributed by atoms with E-state index in [1.165, 1.54) is 7.11 Å². The van der Waals surface area contributed by atoms with Gasteiger partial charge in [-0.2, -0.15) is 0 Å². The van der Waals surface area contributed by atoms with Crippen LogP contribution in [0, 0.1) is 0 Å². The Bertz CT molecular complexity index is 681. The summed E-state index contributed by atoms with van der Waals surface area (Å²) in [5.74, 6) is 0.226. The average Bonchev–Trinajstić information content (AvgIpc) is 3.01. The fraction of sp³-hybridized carbons (Fsp3) is 0.611. The van der Waals surface area contributed by atoms with Crippen LogP contribution in [0.15, 0.2) is 6.20 Å². The summed E-state index contributed by atoms with van der Waals surface area (Å²) >= 11 is 0. The van der Waals surface area contributed by atoms with Gasteiger partial charge in [-0.3, -0.25) is 9.59 Å². The first-order valence-corrected chi connectivity index (χ1v) is 9.00. The molecule has 11 nitrogen and oxygen atoms in total. The van der Waals surface area contributed by atoms with Crippen LogP contribution in [0.4, 0.5) is 10.6 Å². The summed E-state index contributed by atoms with van der Waals surface area (Å²) < 4.78 is 11.0. The summed E-state index contributed by atoms with van der Waals surface area (Å²) in [5.41, 5.74) is -0.481. The van der Waals surface area contributed by atoms with Gasteiger partial charge in [0.1, 0.15) is 17.7 Å². The molecule has 2 amide bonds. The van der Waals surface area contributed by atoms with Crippen LogP contribution >= 0.6 is 0 Å². The lowest BCUT2D eigenvalue weighted by Crippen LogP contribution is -2.33. The van der Waals surface area contributed by atoms with Crippen molar-refractivity contribution in [3.05, 3.63) is 12.0 Å². The molecule has 0 aliphatic rings. The molecular weight excluding hydrogens is 382 g/mol. The van der Waals surface area contributed by atoms with E-state index in [0.29, 0.717) is 24.6 Å². The second-order valence-electron chi connectivity index (χ2n) is 6.78. The minimum Gasteiger partial charge on any atom is -0.469 e. The molecule has 0 aliphatic carbocycles. The highest BCUT2D eigenvalue weighted by molar-refractivity contribution is 5.91. The molecular formula is C18H31N5O6. The van der Waals surface area contributed by atoms with Gasteiger partial charge in [0, 0.05) is 39.8 Å². The summed E-state index contributed by atoms with van der Waals surface area (Å²) in [7, 11) is 4.76. The van der Waals surface area contributed by atoms with Gasteiger partial charge >= 0.3 is 12.1 Å². The van der Waals surface area contributed by atoms with Crippen LogP contribution in [0.3, 0.4) is 0 Å². The molecule has 0 unspecified atom stereocenters. The molecule has 0 saturated carbocycles. The van der Waals surface area contributed by atoms with Crippen molar-refractivity contribution >= 4 is 30.1 Å². The average molecular weight is 413 g/mol. The zero-order chi connectivity index (χ0) is 22.4. The van der Waals surface area contributed by atoms with Gasteiger partial charge in [0.05, 0.1) is 13.5 Å². The maximum atomic E-state index is 11.7. The van der Waals surface area contributed by atoms with Gasteiger partial charge in [-0.25, -0.2) is 9.78 Å². The Labute approximate surface area is 170 Å². The zero-order valence-electron chi connectivity index (χ0n) is 17.8. The molecule has 1 aromatic rings. The van der Waals surface area contributed by atoms with Crippen LogP contribution in [0.1, 0.15) is 44.2 Å². The minimum atomic E-state index is -0.482. The molecule has 0 radical (unpaired) electrons. The predicted octanol–water partition coefficient (Wildman–Crippen LogP) is 0.855. The van der Waals surface area contributed by atoms with Gasteiger partial charge in [0.15, 0.2) is 0 Å². The number of amides is 2. The van der Waals surface area contributed by atoms with Gasteiger partial charge in [0.25, 0.3) is 5.91 Å². The molecule has 0 saturated heterocycles. The molecule has 0 bridgehead atoms. The van der Waals surface area contributed by atoms with E-state index in [4.69, 9.17) is 4.74 Å². The number of esters is 1. The normalized spacial score (nSPS) is 10.1. The number of rotatable bonds is 8. The Hall–Kier alpha value is -3.11. The van der Waals surface area contributed by atoms with E-state index in [9.17, 15) is 19.2 Å². The summed E-state index contributed by atoms with van der Waals surface area (Å²) in [6, 6.07) is 0. The first kappa shape index (κ1) is 25.9. The third-order valence-corrected chi connectivity index (χ3v) is 3.11. The number of hydrogen-bond acceptors (Lipinski definition) is 8. The highest BCUT2D eigenvalue weighted by Gasteiger charge is 2.15. The first-order chi connectivity index (χ1) is 13.5. The summed E-state index contributed by atoms with van der Waals surface area (Å²) in [4.78, 5) is 47.4. The molecule has 3 N–H and O–H groups in total. The number of alkyl carbamates (subject to hydrolysis) is 1. The van der Waals surface area contributed by atoms with Gasteiger partial charge in [-0.05, 0) is 20.8 Å². The number of ether oxygens (including phenoxy) is 2. The number of aldehydes is 1. The Morgan fingerprint density at radius 1 is 1.21 bits per heavy atom. The number of nitrogens with one attached hydrogen (secondary N) is 3. The molecule has 0 aromatic carbocycles. The highest BCUT2D eigenvalue weighted by atomic mass is 16.6. The van der Waals surface area contributed by atoms with E-state index < -0.39 is 11.7 Å². The maximum absolute atomic E-state index is 11.7. The summed E-state index contributed by atoms with van der Waals surface area (Å²) in [6.45, 7) is 5.91. The Morgan fingerprint density at radius 2 is 1.86 bits per heavy atom. The minimum absolute atomic E-state index is 0.144. The lowest BCUT2D eigenvalue weighted by molar-refractivity contribution is -0.140. The predicted molar refractivity (Wildman–Crippen MR) is 107 cm³/mol. The van der Waals surface area contributed by atoms with Crippen LogP contribution in [0.25, 0.3) is 0 Å². The molecule has 0 fully saturated rings. The number of methoxy groups -OCH3 is 1. The highest BCUT2D eigenvalue weighted by Crippen LogP contribution is 2.06. The van der Waals surface area contributed by atoms with E-state index in [1.807, 2.05) is 0 Å². The fourth-order valence-electron chi connectivity index (χ4n) is 1.80. The molecule has 11 heteroatoms. The summed E-state index contributed by atoms with van der Waals surface area (Å²) in [6.07, 6.45) is 2.43. The van der Waals surface area contributed by atoms with Crippen LogP contribution < -0.4 is 16.0 Å². The topological polar surface area (TPSA) is 141 Å². The first-order valence-electron chi connectivity index (χ1n) is 9.00. The largest absolute Gasteiger partial charge is 0.469 e. The molecule has 29 heavy (non-hydrogen) atoms. The third-order valence-electron chi connectivity index (χ3n) is 3.11. The van der Waals surface area contributed by atoms with Crippen LogP contribution in [-0.2, 0) is 26.1 Å². The van der Waals surface area contributed by atoms with Crippen molar-refractivity contribution in [2.45, 2.75) is 39.2 Å². The summed E-state index contributed by atoms with van der Waals surface area (Å²) in [5, 5.41) is 7.88. The lowest BCUT2D eigenvalue weighted by atomic mass is 10.2. The van der Waals surface area contributed by atoms with Gasteiger partial charge in [-0.1, -0.05) is 0 Å². The SMILES string of the molecule is CC(C)(C)OC(=O)NCCC=O.CNc1cn(C)c(C(=O)NCCC(=O)OC)n1. The smallest absolute Gasteiger partial charge is 0.407 e. The molecule has 164 valence electrons. The van der Waals surface area contributed by atoms with E-state index in [0.717, 1.165) is 6.29 Å². The van der Waals surface area contributed by atoms with E-state index in [2.05, 4.69) is 25.7 Å². The number of aryl methyl sites for hydroxylation is 1. The van der Waals surface area contributed by atoms with Crippen molar-refractivity contribution in [1.82, 2.24) is 20.2 Å². The quantitative estimate of drug-likeness (QED) is 0.324. The van der Waals surface area contributed by atoms with Crippen molar-refractivity contribution in [3.8, 4) is 0 Å². The van der Waals surface area contributed by atoms with Crippen LogP contribution in [0.5, 0.6) is 0 Å². The third kappa shape index (κ3) is 12.1.